The fourth-order valence-corrected chi connectivity index (χ4v) is 1.48. The number of nitrogens with zero attached hydrogens (tertiary/aromatic N) is 2. The van der Waals surface area contributed by atoms with E-state index >= 15 is 0 Å². The van der Waals surface area contributed by atoms with Crippen LogP contribution in [0.2, 0.25) is 0 Å². The van der Waals surface area contributed by atoms with E-state index in [9.17, 15) is 5.11 Å². The maximum absolute atomic E-state index is 9.21. The number of hydrogen-bond acceptors (Lipinski definition) is 4. The smallest absolute Gasteiger partial charge is 0.116 e. The van der Waals surface area contributed by atoms with Crippen LogP contribution in [0.5, 0.6) is 5.75 Å². The van der Waals surface area contributed by atoms with Gasteiger partial charge in [-0.2, -0.15) is 0 Å². The minimum atomic E-state index is 0.267. The first-order valence-corrected chi connectivity index (χ1v) is 4.92. The van der Waals surface area contributed by atoms with Gasteiger partial charge in [-0.3, -0.25) is 0 Å². The molecule has 1 heterocycles. The molecule has 0 saturated heterocycles. The van der Waals surface area contributed by atoms with Gasteiger partial charge in [0.05, 0.1) is 5.69 Å². The third-order valence-electron chi connectivity index (χ3n) is 1.69. The van der Waals surface area contributed by atoms with E-state index in [1.807, 2.05) is 23.6 Å². The maximum atomic E-state index is 9.21. The van der Waals surface area contributed by atoms with Gasteiger partial charge in [-0.25, -0.2) is 0 Å². The van der Waals surface area contributed by atoms with E-state index in [4.69, 9.17) is 0 Å². The van der Waals surface area contributed by atoms with Gasteiger partial charge >= 0.3 is 0 Å². The maximum Gasteiger partial charge on any atom is 0.116 e. The molecule has 0 aliphatic rings. The minimum absolute atomic E-state index is 0.267. The fraction of sp³-hybridized carbons (Fsp3) is 0. The Morgan fingerprint density at radius 2 is 2.21 bits per heavy atom. The van der Waals surface area contributed by atoms with Crippen LogP contribution < -0.4 is 0 Å². The van der Waals surface area contributed by atoms with Crippen LogP contribution in [0.3, 0.4) is 0 Å². The number of phenolic OH excluding ortho intramolecular Hbond substituents is 1. The van der Waals surface area contributed by atoms with Crippen molar-refractivity contribution in [2.45, 2.75) is 0 Å². The summed E-state index contributed by atoms with van der Waals surface area (Å²) in [6.45, 7) is 0. The second kappa shape index (κ2) is 4.02. The molecule has 0 spiro atoms. The van der Waals surface area contributed by atoms with Crippen molar-refractivity contribution in [3.05, 3.63) is 40.9 Å². The molecule has 2 rings (SSSR count). The first kappa shape index (κ1) is 8.90. The fourth-order valence-electron chi connectivity index (χ4n) is 1.05. The Bertz CT molecular complexity index is 437. The summed E-state index contributed by atoms with van der Waals surface area (Å²) in [5.74, 6) is 0.267. The highest BCUT2D eigenvalue weighted by molar-refractivity contribution is 7.03. The summed E-state index contributed by atoms with van der Waals surface area (Å²) in [5, 5.41) is 14.9. The topological polar surface area (TPSA) is 46.0 Å². The van der Waals surface area contributed by atoms with Crippen molar-refractivity contribution >= 4 is 23.7 Å². The lowest BCUT2D eigenvalue weighted by molar-refractivity contribution is 0.475. The highest BCUT2D eigenvalue weighted by Crippen LogP contribution is 2.13. The van der Waals surface area contributed by atoms with Crippen LogP contribution in [0.1, 0.15) is 11.3 Å². The average molecular weight is 204 g/mol. The summed E-state index contributed by atoms with van der Waals surface area (Å²) in [4.78, 5) is 0. The Kier molecular flexibility index (Phi) is 2.55. The molecule has 70 valence electrons. The van der Waals surface area contributed by atoms with Gasteiger partial charge in [-0.1, -0.05) is 22.7 Å². The zero-order chi connectivity index (χ0) is 9.80. The SMILES string of the molecule is Oc1cccc(C=Cc2csnn2)c1. The van der Waals surface area contributed by atoms with Crippen molar-refractivity contribution in [3.8, 4) is 5.75 Å². The summed E-state index contributed by atoms with van der Waals surface area (Å²) in [6, 6.07) is 7.04. The average Bonchev–Trinajstić information content (AvgIpc) is 2.67. The molecule has 0 radical (unpaired) electrons. The van der Waals surface area contributed by atoms with Gasteiger partial charge in [-0.05, 0) is 35.3 Å². The molecule has 1 aromatic heterocycles. The zero-order valence-corrected chi connectivity index (χ0v) is 8.11. The monoisotopic (exact) mass is 204 g/mol. The van der Waals surface area contributed by atoms with Crippen molar-refractivity contribution in [3.63, 3.8) is 0 Å². The summed E-state index contributed by atoms with van der Waals surface area (Å²) >= 11 is 1.32. The van der Waals surface area contributed by atoms with E-state index in [1.54, 1.807) is 18.2 Å². The molecule has 0 aliphatic heterocycles. The Morgan fingerprint density at radius 1 is 1.29 bits per heavy atom. The minimum Gasteiger partial charge on any atom is -0.508 e. The van der Waals surface area contributed by atoms with Gasteiger partial charge in [0.15, 0.2) is 0 Å². The molecule has 4 heteroatoms. The standard InChI is InChI=1S/C10H8N2OS/c13-10-3-1-2-8(6-10)4-5-9-7-14-12-11-9/h1-7,13H. The van der Waals surface area contributed by atoms with Crippen molar-refractivity contribution in [2.24, 2.45) is 0 Å². The lowest BCUT2D eigenvalue weighted by Gasteiger charge is -1.93. The predicted molar refractivity (Wildman–Crippen MR) is 56.9 cm³/mol. The van der Waals surface area contributed by atoms with E-state index < -0.39 is 0 Å². The third kappa shape index (κ3) is 2.17. The van der Waals surface area contributed by atoms with Crippen LogP contribution >= 0.6 is 11.5 Å². The quantitative estimate of drug-likeness (QED) is 0.817. The van der Waals surface area contributed by atoms with Crippen LogP contribution in [-0.2, 0) is 0 Å². The summed E-state index contributed by atoms with van der Waals surface area (Å²) in [7, 11) is 0. The Labute approximate surface area is 85.5 Å². The van der Waals surface area contributed by atoms with E-state index in [1.165, 1.54) is 11.5 Å². The predicted octanol–water partition coefficient (Wildman–Crippen LogP) is 2.41. The number of aromatic hydroxyl groups is 1. The Hall–Kier alpha value is -1.68. The van der Waals surface area contributed by atoms with Crippen molar-refractivity contribution in [1.82, 2.24) is 9.59 Å². The van der Waals surface area contributed by atoms with Crippen molar-refractivity contribution in [1.29, 1.82) is 0 Å². The van der Waals surface area contributed by atoms with Crippen LogP contribution in [0.4, 0.5) is 0 Å². The molecule has 3 nitrogen and oxygen atoms in total. The van der Waals surface area contributed by atoms with Gasteiger partial charge in [-0.15, -0.1) is 5.10 Å². The second-order valence-corrected chi connectivity index (χ2v) is 3.37. The molecule has 0 fully saturated rings. The van der Waals surface area contributed by atoms with Crippen LogP contribution in [0, 0.1) is 0 Å². The molecule has 0 saturated carbocycles. The molecule has 0 unspecified atom stereocenters. The van der Waals surface area contributed by atoms with Crippen LogP contribution in [0.25, 0.3) is 12.2 Å². The highest BCUT2D eigenvalue weighted by Gasteiger charge is 1.91. The molecule has 0 bridgehead atoms. The first-order chi connectivity index (χ1) is 6.84. The second-order valence-electron chi connectivity index (χ2n) is 2.76. The molecule has 14 heavy (non-hydrogen) atoms. The van der Waals surface area contributed by atoms with E-state index in [-0.39, 0.29) is 5.75 Å². The molecular weight excluding hydrogens is 196 g/mol. The van der Waals surface area contributed by atoms with E-state index in [0.717, 1.165) is 11.3 Å². The van der Waals surface area contributed by atoms with Crippen LogP contribution in [0.15, 0.2) is 29.6 Å². The van der Waals surface area contributed by atoms with Gasteiger partial charge in [0.25, 0.3) is 0 Å². The Morgan fingerprint density at radius 3 is 2.93 bits per heavy atom. The summed E-state index contributed by atoms with van der Waals surface area (Å²) < 4.78 is 3.74. The Balaban J connectivity index is 2.18. The first-order valence-electron chi connectivity index (χ1n) is 4.09. The number of aromatic nitrogens is 2. The highest BCUT2D eigenvalue weighted by atomic mass is 32.1. The van der Waals surface area contributed by atoms with Crippen LogP contribution in [-0.4, -0.2) is 14.7 Å². The molecular formula is C10H8N2OS. The third-order valence-corrected chi connectivity index (χ3v) is 2.22. The molecule has 0 atom stereocenters. The van der Waals surface area contributed by atoms with Gasteiger partial charge in [0, 0.05) is 5.38 Å². The van der Waals surface area contributed by atoms with E-state index in [2.05, 4.69) is 9.59 Å². The lowest BCUT2D eigenvalue weighted by Crippen LogP contribution is -1.73. The molecule has 1 N–H and O–H groups in total. The number of benzene rings is 1. The number of phenols is 1. The van der Waals surface area contributed by atoms with Gasteiger partial charge < -0.3 is 5.11 Å². The van der Waals surface area contributed by atoms with Gasteiger partial charge in [0.2, 0.25) is 0 Å². The van der Waals surface area contributed by atoms with Gasteiger partial charge in [0.1, 0.15) is 5.75 Å². The number of rotatable bonds is 2. The largest absolute Gasteiger partial charge is 0.508 e. The van der Waals surface area contributed by atoms with E-state index in [0.29, 0.717) is 0 Å². The molecule has 2 aromatic rings. The zero-order valence-electron chi connectivity index (χ0n) is 7.29. The molecule has 1 aromatic carbocycles. The summed E-state index contributed by atoms with van der Waals surface area (Å²) in [5.41, 5.74) is 1.77. The molecule has 0 amide bonds. The van der Waals surface area contributed by atoms with Crippen molar-refractivity contribution < 1.29 is 5.11 Å². The number of hydrogen-bond donors (Lipinski definition) is 1. The summed E-state index contributed by atoms with van der Waals surface area (Å²) in [6.07, 6.45) is 3.74. The lowest BCUT2D eigenvalue weighted by atomic mass is 10.2. The normalized spacial score (nSPS) is 10.9. The molecule has 0 aliphatic carbocycles. The van der Waals surface area contributed by atoms with Crippen molar-refractivity contribution in [2.75, 3.05) is 0 Å².